The smallest absolute Gasteiger partial charge is 0.357 e. The molecule has 0 amide bonds. The Morgan fingerprint density at radius 1 is 1.42 bits per heavy atom. The molecule has 6 heteroatoms. The van der Waals surface area contributed by atoms with Crippen LogP contribution in [0.3, 0.4) is 0 Å². The van der Waals surface area contributed by atoms with Gasteiger partial charge < -0.3 is 15.0 Å². The molecule has 0 aliphatic heterocycles. The van der Waals surface area contributed by atoms with E-state index in [1.54, 1.807) is 0 Å². The van der Waals surface area contributed by atoms with E-state index >= 15 is 0 Å². The molecule has 0 unspecified atom stereocenters. The standard InChI is InChI=1S/C13H23N3O2S/c1-5-8-16(6-2)9-7-14-13-15-11(10(3)19-13)12(17)18-4/h5-9H2,1-4H3,(H,14,15). The van der Waals surface area contributed by atoms with E-state index in [1.165, 1.54) is 18.4 Å². The predicted molar refractivity (Wildman–Crippen MR) is 79.1 cm³/mol. The van der Waals surface area contributed by atoms with Crippen LogP contribution in [0.4, 0.5) is 5.13 Å². The molecule has 0 radical (unpaired) electrons. The van der Waals surface area contributed by atoms with Crippen molar-refractivity contribution in [2.45, 2.75) is 27.2 Å². The van der Waals surface area contributed by atoms with Crippen molar-refractivity contribution in [2.24, 2.45) is 0 Å². The zero-order valence-corrected chi connectivity index (χ0v) is 13.0. The first-order valence-electron chi connectivity index (χ1n) is 6.64. The number of rotatable bonds is 8. The van der Waals surface area contributed by atoms with Gasteiger partial charge in [-0.15, -0.1) is 11.3 Å². The Morgan fingerprint density at radius 2 is 2.16 bits per heavy atom. The van der Waals surface area contributed by atoms with E-state index in [4.69, 9.17) is 4.74 Å². The Bertz CT molecular complexity index is 407. The number of carbonyl (C=O) groups excluding carboxylic acids is 1. The Hall–Kier alpha value is -1.14. The molecule has 1 aromatic heterocycles. The molecule has 1 rings (SSSR count). The highest BCUT2D eigenvalue weighted by molar-refractivity contribution is 7.15. The van der Waals surface area contributed by atoms with Gasteiger partial charge in [0, 0.05) is 18.0 Å². The third-order valence-corrected chi connectivity index (χ3v) is 3.80. The molecule has 5 nitrogen and oxygen atoms in total. The summed E-state index contributed by atoms with van der Waals surface area (Å²) in [4.78, 5) is 19.0. The van der Waals surface area contributed by atoms with Crippen molar-refractivity contribution in [3.63, 3.8) is 0 Å². The zero-order chi connectivity index (χ0) is 14.3. The summed E-state index contributed by atoms with van der Waals surface area (Å²) >= 11 is 1.49. The van der Waals surface area contributed by atoms with Gasteiger partial charge in [-0.2, -0.15) is 0 Å². The molecule has 0 fully saturated rings. The Labute approximate surface area is 119 Å². The number of methoxy groups -OCH3 is 1. The van der Waals surface area contributed by atoms with Crippen molar-refractivity contribution in [3.8, 4) is 0 Å². The van der Waals surface area contributed by atoms with Gasteiger partial charge in [-0.3, -0.25) is 0 Å². The van der Waals surface area contributed by atoms with Crippen molar-refractivity contribution in [3.05, 3.63) is 10.6 Å². The van der Waals surface area contributed by atoms with Gasteiger partial charge in [0.25, 0.3) is 0 Å². The summed E-state index contributed by atoms with van der Waals surface area (Å²) in [5.41, 5.74) is 0.413. The van der Waals surface area contributed by atoms with E-state index in [-0.39, 0.29) is 5.97 Å². The predicted octanol–water partition coefficient (Wildman–Crippen LogP) is 2.38. The lowest BCUT2D eigenvalue weighted by Crippen LogP contribution is -2.29. The third kappa shape index (κ3) is 4.80. The molecule has 0 aliphatic carbocycles. The molecule has 0 atom stereocenters. The molecule has 0 aliphatic rings. The lowest BCUT2D eigenvalue weighted by atomic mass is 10.4. The summed E-state index contributed by atoms with van der Waals surface area (Å²) in [6.45, 7) is 10.2. The lowest BCUT2D eigenvalue weighted by Gasteiger charge is -2.19. The van der Waals surface area contributed by atoms with Gasteiger partial charge in [-0.25, -0.2) is 9.78 Å². The van der Waals surface area contributed by atoms with E-state index < -0.39 is 0 Å². The van der Waals surface area contributed by atoms with Gasteiger partial charge >= 0.3 is 5.97 Å². The van der Waals surface area contributed by atoms with Crippen LogP contribution >= 0.6 is 11.3 Å². The molecular formula is C13H23N3O2S. The van der Waals surface area contributed by atoms with Gasteiger partial charge in [0.05, 0.1) is 7.11 Å². The van der Waals surface area contributed by atoms with Crippen LogP contribution in [0.2, 0.25) is 0 Å². The zero-order valence-electron chi connectivity index (χ0n) is 12.2. The molecule has 0 saturated heterocycles. The Morgan fingerprint density at radius 3 is 2.74 bits per heavy atom. The van der Waals surface area contributed by atoms with Gasteiger partial charge in [0.2, 0.25) is 0 Å². The van der Waals surface area contributed by atoms with E-state index in [9.17, 15) is 4.79 Å². The quantitative estimate of drug-likeness (QED) is 0.743. The molecule has 0 aromatic carbocycles. The number of thiazole rings is 1. The molecule has 19 heavy (non-hydrogen) atoms. The van der Waals surface area contributed by atoms with E-state index in [0.717, 1.165) is 42.6 Å². The van der Waals surface area contributed by atoms with Gasteiger partial charge in [0.1, 0.15) is 0 Å². The van der Waals surface area contributed by atoms with E-state index in [1.807, 2.05) is 6.92 Å². The van der Waals surface area contributed by atoms with Crippen molar-refractivity contribution in [2.75, 3.05) is 38.6 Å². The number of hydrogen-bond acceptors (Lipinski definition) is 6. The van der Waals surface area contributed by atoms with Gasteiger partial charge in [-0.05, 0) is 26.4 Å². The number of hydrogen-bond donors (Lipinski definition) is 1. The maximum atomic E-state index is 11.4. The largest absolute Gasteiger partial charge is 0.464 e. The molecule has 1 heterocycles. The second-order valence-corrected chi connectivity index (χ2v) is 5.48. The molecule has 0 spiro atoms. The minimum atomic E-state index is -0.372. The van der Waals surface area contributed by atoms with Crippen molar-refractivity contribution >= 4 is 22.4 Å². The average Bonchev–Trinajstić information content (AvgIpc) is 2.78. The number of carbonyl (C=O) groups is 1. The second-order valence-electron chi connectivity index (χ2n) is 4.28. The molecule has 1 aromatic rings. The molecular weight excluding hydrogens is 262 g/mol. The monoisotopic (exact) mass is 285 g/mol. The van der Waals surface area contributed by atoms with Crippen molar-refractivity contribution in [1.29, 1.82) is 0 Å². The van der Waals surface area contributed by atoms with Crippen LogP contribution in [0.1, 0.15) is 35.6 Å². The maximum absolute atomic E-state index is 11.4. The van der Waals surface area contributed by atoms with E-state index in [0.29, 0.717) is 5.69 Å². The first kappa shape index (κ1) is 15.9. The van der Waals surface area contributed by atoms with Crippen LogP contribution in [0, 0.1) is 6.92 Å². The number of likely N-dealkylation sites (N-methyl/N-ethyl adjacent to an activating group) is 1. The lowest BCUT2D eigenvalue weighted by molar-refractivity contribution is 0.0594. The Kier molecular flexibility index (Phi) is 6.80. The SMILES string of the molecule is CCCN(CC)CCNc1nc(C(=O)OC)c(C)s1. The number of anilines is 1. The first-order chi connectivity index (χ1) is 9.12. The molecule has 0 saturated carbocycles. The van der Waals surface area contributed by atoms with Gasteiger partial charge in [0.15, 0.2) is 10.8 Å². The summed E-state index contributed by atoms with van der Waals surface area (Å²) in [5.74, 6) is -0.372. The van der Waals surface area contributed by atoms with Crippen LogP contribution < -0.4 is 5.32 Å². The van der Waals surface area contributed by atoms with Gasteiger partial charge in [-0.1, -0.05) is 13.8 Å². The molecule has 108 valence electrons. The fraction of sp³-hybridized carbons (Fsp3) is 0.692. The summed E-state index contributed by atoms with van der Waals surface area (Å²) in [7, 11) is 1.37. The van der Waals surface area contributed by atoms with Crippen molar-refractivity contribution < 1.29 is 9.53 Å². The minimum absolute atomic E-state index is 0.372. The highest BCUT2D eigenvalue weighted by Gasteiger charge is 2.15. The summed E-state index contributed by atoms with van der Waals surface area (Å²) < 4.78 is 4.69. The average molecular weight is 285 g/mol. The minimum Gasteiger partial charge on any atom is -0.464 e. The van der Waals surface area contributed by atoms with E-state index in [2.05, 4.69) is 29.0 Å². The van der Waals surface area contributed by atoms with Crippen LogP contribution in [-0.4, -0.2) is 49.1 Å². The first-order valence-corrected chi connectivity index (χ1v) is 7.45. The summed E-state index contributed by atoms with van der Waals surface area (Å²) in [5, 5.41) is 4.05. The topological polar surface area (TPSA) is 54.5 Å². The Balaban J connectivity index is 2.47. The number of nitrogens with one attached hydrogen (secondary N) is 1. The maximum Gasteiger partial charge on any atom is 0.357 e. The second kappa shape index (κ2) is 8.12. The molecule has 0 bridgehead atoms. The van der Waals surface area contributed by atoms with Crippen LogP contribution in [0.15, 0.2) is 0 Å². The number of aryl methyl sites for hydroxylation is 1. The number of nitrogens with zero attached hydrogens (tertiary/aromatic N) is 2. The fourth-order valence-electron chi connectivity index (χ4n) is 1.82. The van der Waals surface area contributed by atoms with Crippen LogP contribution in [-0.2, 0) is 4.74 Å². The van der Waals surface area contributed by atoms with Crippen molar-refractivity contribution in [1.82, 2.24) is 9.88 Å². The fourth-order valence-corrected chi connectivity index (χ4v) is 2.65. The number of aromatic nitrogens is 1. The molecule has 1 N–H and O–H groups in total. The van der Waals surface area contributed by atoms with Crippen LogP contribution in [0.5, 0.6) is 0 Å². The number of ether oxygens (including phenoxy) is 1. The highest BCUT2D eigenvalue weighted by Crippen LogP contribution is 2.22. The summed E-state index contributed by atoms with van der Waals surface area (Å²) in [6.07, 6.45) is 1.16. The highest BCUT2D eigenvalue weighted by atomic mass is 32.1. The summed E-state index contributed by atoms with van der Waals surface area (Å²) in [6, 6.07) is 0. The van der Waals surface area contributed by atoms with Crippen LogP contribution in [0.25, 0.3) is 0 Å². The number of esters is 1. The third-order valence-electron chi connectivity index (χ3n) is 2.87. The normalized spacial score (nSPS) is 10.8.